The average Bonchev–Trinajstić information content (AvgIpc) is 2.35. The number of aromatic nitrogens is 2. The Morgan fingerprint density at radius 1 is 1.42 bits per heavy atom. The van der Waals surface area contributed by atoms with Crippen LogP contribution in [0.15, 0.2) is 6.07 Å². The Morgan fingerprint density at radius 2 is 2.16 bits per heavy atom. The topological polar surface area (TPSA) is 66.9 Å². The second kappa shape index (κ2) is 7.94. The smallest absolute Gasteiger partial charge is 0.221 e. The first-order valence-corrected chi connectivity index (χ1v) is 6.93. The molecule has 1 aromatic heterocycles. The molecule has 0 bridgehead atoms. The van der Waals surface area contributed by atoms with Gasteiger partial charge in [0.15, 0.2) is 0 Å². The fourth-order valence-electron chi connectivity index (χ4n) is 1.42. The molecule has 2 N–H and O–H groups in total. The number of hydrogen-bond acceptors (Lipinski definition) is 4. The molecule has 0 radical (unpaired) electrons. The molecule has 0 aliphatic heterocycles. The van der Waals surface area contributed by atoms with Crippen molar-refractivity contribution in [2.45, 2.75) is 33.6 Å². The molecule has 0 spiro atoms. The molecule has 0 fully saturated rings. The lowest BCUT2D eigenvalue weighted by molar-refractivity contribution is -0.120. The molecule has 0 aromatic carbocycles. The molecule has 0 atom stereocenters. The fraction of sp³-hybridized carbons (Fsp3) is 0.615. The van der Waals surface area contributed by atoms with Crippen LogP contribution in [-0.2, 0) is 11.2 Å². The van der Waals surface area contributed by atoms with Gasteiger partial charge in [-0.25, -0.2) is 9.97 Å². The number of hydrogen-bond donors (Lipinski definition) is 2. The Bertz CT molecular complexity index is 423. The molecular formula is C13H21ClN4O. The van der Waals surface area contributed by atoms with Crippen molar-refractivity contribution in [2.24, 2.45) is 5.92 Å². The van der Waals surface area contributed by atoms with E-state index in [-0.39, 0.29) is 5.91 Å². The van der Waals surface area contributed by atoms with Gasteiger partial charge in [0.05, 0.1) is 0 Å². The van der Waals surface area contributed by atoms with Crippen molar-refractivity contribution in [2.75, 3.05) is 18.4 Å². The molecule has 19 heavy (non-hydrogen) atoms. The van der Waals surface area contributed by atoms with Crippen molar-refractivity contribution in [3.63, 3.8) is 0 Å². The van der Waals surface area contributed by atoms with E-state index in [1.54, 1.807) is 6.07 Å². The van der Waals surface area contributed by atoms with Crippen molar-refractivity contribution >= 4 is 23.3 Å². The summed E-state index contributed by atoms with van der Waals surface area (Å²) in [7, 11) is 0. The minimum atomic E-state index is 0.0390. The van der Waals surface area contributed by atoms with Gasteiger partial charge in [-0.2, -0.15) is 0 Å². The van der Waals surface area contributed by atoms with E-state index in [4.69, 9.17) is 11.6 Å². The highest BCUT2D eigenvalue weighted by atomic mass is 35.5. The molecule has 6 heteroatoms. The van der Waals surface area contributed by atoms with E-state index in [1.807, 2.05) is 6.92 Å². The third-order valence-electron chi connectivity index (χ3n) is 2.42. The predicted molar refractivity (Wildman–Crippen MR) is 77.4 cm³/mol. The molecule has 0 saturated carbocycles. The maximum absolute atomic E-state index is 11.5. The number of nitrogens with one attached hydrogen (secondary N) is 2. The van der Waals surface area contributed by atoms with Crippen LogP contribution in [0.2, 0.25) is 5.15 Å². The highest BCUT2D eigenvalue weighted by Gasteiger charge is 2.04. The van der Waals surface area contributed by atoms with Crippen molar-refractivity contribution in [3.8, 4) is 0 Å². The predicted octanol–water partition coefficient (Wildman–Crippen LogP) is 2.27. The Hall–Kier alpha value is -1.36. The van der Waals surface area contributed by atoms with Gasteiger partial charge in [-0.3, -0.25) is 4.79 Å². The minimum absolute atomic E-state index is 0.0390. The quantitative estimate of drug-likeness (QED) is 0.754. The standard InChI is InChI=1S/C13H21ClN4O/c1-4-11-17-10(14)7-12(18-11)15-6-5-13(19)16-8-9(2)3/h7,9H,4-6,8H2,1-3H3,(H,16,19)(H,15,17,18). The molecule has 1 aromatic rings. The van der Waals surface area contributed by atoms with Crippen LogP contribution in [0.25, 0.3) is 0 Å². The van der Waals surface area contributed by atoms with Gasteiger partial charge in [0.25, 0.3) is 0 Å². The first-order chi connectivity index (χ1) is 9.01. The summed E-state index contributed by atoms with van der Waals surface area (Å²) in [6, 6.07) is 1.66. The van der Waals surface area contributed by atoms with Crippen LogP contribution < -0.4 is 10.6 Å². The monoisotopic (exact) mass is 284 g/mol. The van der Waals surface area contributed by atoms with Gasteiger partial charge in [-0.1, -0.05) is 32.4 Å². The van der Waals surface area contributed by atoms with Crippen LogP contribution in [0.1, 0.15) is 33.0 Å². The van der Waals surface area contributed by atoms with Gasteiger partial charge in [0.1, 0.15) is 16.8 Å². The summed E-state index contributed by atoms with van der Waals surface area (Å²) in [6.45, 7) is 7.33. The summed E-state index contributed by atoms with van der Waals surface area (Å²) in [5.74, 6) is 1.86. The lowest BCUT2D eigenvalue weighted by Crippen LogP contribution is -2.28. The van der Waals surface area contributed by atoms with Crippen LogP contribution in [0, 0.1) is 5.92 Å². The van der Waals surface area contributed by atoms with Crippen LogP contribution in [0.3, 0.4) is 0 Å². The van der Waals surface area contributed by atoms with Crippen LogP contribution in [-0.4, -0.2) is 29.0 Å². The van der Waals surface area contributed by atoms with E-state index in [0.717, 1.165) is 6.42 Å². The number of rotatable bonds is 7. The SMILES string of the molecule is CCc1nc(Cl)cc(NCCC(=O)NCC(C)C)n1. The van der Waals surface area contributed by atoms with Gasteiger partial charge >= 0.3 is 0 Å². The Balaban J connectivity index is 2.36. The second-order valence-corrected chi connectivity index (χ2v) is 5.11. The minimum Gasteiger partial charge on any atom is -0.369 e. The molecule has 1 amide bonds. The second-order valence-electron chi connectivity index (χ2n) is 4.72. The summed E-state index contributed by atoms with van der Waals surface area (Å²) in [4.78, 5) is 19.9. The average molecular weight is 285 g/mol. The third kappa shape index (κ3) is 6.38. The lowest BCUT2D eigenvalue weighted by Gasteiger charge is -2.09. The highest BCUT2D eigenvalue weighted by molar-refractivity contribution is 6.29. The van der Waals surface area contributed by atoms with E-state index in [0.29, 0.717) is 42.2 Å². The zero-order valence-corrected chi connectivity index (χ0v) is 12.4. The third-order valence-corrected chi connectivity index (χ3v) is 2.62. The zero-order valence-electron chi connectivity index (χ0n) is 11.7. The van der Waals surface area contributed by atoms with Crippen LogP contribution in [0.5, 0.6) is 0 Å². The number of carbonyl (C=O) groups is 1. The normalized spacial score (nSPS) is 10.6. The number of amides is 1. The summed E-state index contributed by atoms with van der Waals surface area (Å²) in [5.41, 5.74) is 0. The van der Waals surface area contributed by atoms with Gasteiger partial charge < -0.3 is 10.6 Å². The maximum atomic E-state index is 11.5. The van der Waals surface area contributed by atoms with Gasteiger partial charge in [0.2, 0.25) is 5.91 Å². The number of halogens is 1. The molecule has 5 nitrogen and oxygen atoms in total. The molecular weight excluding hydrogens is 264 g/mol. The molecule has 0 aliphatic rings. The largest absolute Gasteiger partial charge is 0.369 e. The molecule has 0 aliphatic carbocycles. The van der Waals surface area contributed by atoms with Crippen molar-refractivity contribution < 1.29 is 4.79 Å². The molecule has 0 unspecified atom stereocenters. The summed E-state index contributed by atoms with van der Waals surface area (Å²) in [5, 5.41) is 6.36. The maximum Gasteiger partial charge on any atom is 0.221 e. The lowest BCUT2D eigenvalue weighted by atomic mass is 10.2. The van der Waals surface area contributed by atoms with Gasteiger partial charge in [-0.15, -0.1) is 0 Å². The van der Waals surface area contributed by atoms with E-state index in [1.165, 1.54) is 0 Å². The Kier molecular flexibility index (Phi) is 6.56. The highest BCUT2D eigenvalue weighted by Crippen LogP contribution is 2.11. The van der Waals surface area contributed by atoms with E-state index in [2.05, 4.69) is 34.4 Å². The zero-order chi connectivity index (χ0) is 14.3. The summed E-state index contributed by atoms with van der Waals surface area (Å²) in [6.07, 6.45) is 1.14. The molecule has 1 heterocycles. The molecule has 0 saturated heterocycles. The Morgan fingerprint density at radius 3 is 2.79 bits per heavy atom. The van der Waals surface area contributed by atoms with E-state index in [9.17, 15) is 4.79 Å². The van der Waals surface area contributed by atoms with Gasteiger partial charge in [0, 0.05) is 32.0 Å². The van der Waals surface area contributed by atoms with Crippen LogP contribution in [0.4, 0.5) is 5.82 Å². The number of aryl methyl sites for hydroxylation is 1. The van der Waals surface area contributed by atoms with Crippen LogP contribution >= 0.6 is 11.6 Å². The van der Waals surface area contributed by atoms with Gasteiger partial charge in [-0.05, 0) is 5.92 Å². The number of carbonyl (C=O) groups excluding carboxylic acids is 1. The fourth-order valence-corrected chi connectivity index (χ4v) is 1.62. The van der Waals surface area contributed by atoms with E-state index >= 15 is 0 Å². The van der Waals surface area contributed by atoms with Crippen molar-refractivity contribution in [3.05, 3.63) is 17.0 Å². The van der Waals surface area contributed by atoms with Crippen molar-refractivity contribution in [1.29, 1.82) is 0 Å². The summed E-state index contributed by atoms with van der Waals surface area (Å²) < 4.78 is 0. The first-order valence-electron chi connectivity index (χ1n) is 6.55. The first kappa shape index (κ1) is 15.7. The summed E-state index contributed by atoms with van der Waals surface area (Å²) >= 11 is 5.88. The molecule has 106 valence electrons. The molecule has 1 rings (SSSR count). The number of nitrogens with zero attached hydrogens (tertiary/aromatic N) is 2. The Labute approximate surface area is 119 Å². The number of anilines is 1. The van der Waals surface area contributed by atoms with E-state index < -0.39 is 0 Å². The van der Waals surface area contributed by atoms with Crippen molar-refractivity contribution in [1.82, 2.24) is 15.3 Å².